The summed E-state index contributed by atoms with van der Waals surface area (Å²) < 4.78 is 5.67. The number of hydrogen-bond donors (Lipinski definition) is 0. The summed E-state index contributed by atoms with van der Waals surface area (Å²) in [6.45, 7) is 6.75. The number of aryl methyl sites for hydroxylation is 1. The Morgan fingerprint density at radius 2 is 2.12 bits per heavy atom. The lowest BCUT2D eigenvalue weighted by atomic mass is 9.92. The van der Waals surface area contributed by atoms with Crippen LogP contribution in [0, 0.1) is 19.8 Å². The van der Waals surface area contributed by atoms with Gasteiger partial charge < -0.3 is 4.74 Å². The molecule has 1 nitrogen and oxygen atoms in total. The van der Waals surface area contributed by atoms with Crippen LogP contribution in [0.25, 0.3) is 0 Å². The van der Waals surface area contributed by atoms with Gasteiger partial charge in [-0.05, 0) is 60.4 Å². The normalized spacial score (nSPS) is 22.9. The zero-order valence-electron chi connectivity index (χ0n) is 11.1. The van der Waals surface area contributed by atoms with Crippen molar-refractivity contribution in [3.05, 3.63) is 33.9 Å². The predicted octanol–water partition coefficient (Wildman–Crippen LogP) is 4.12. The van der Waals surface area contributed by atoms with E-state index in [-0.39, 0.29) is 0 Å². The summed E-state index contributed by atoms with van der Waals surface area (Å²) in [4.78, 5) is 0. The van der Waals surface area contributed by atoms with Gasteiger partial charge in [-0.2, -0.15) is 0 Å². The Bertz CT molecular complexity index is 425. The summed E-state index contributed by atoms with van der Waals surface area (Å²) in [5.41, 5.74) is 7.39. The molecular weight excluding hydrogens is 276 g/mol. The molecule has 0 heterocycles. The Labute approximate surface area is 113 Å². The van der Waals surface area contributed by atoms with Gasteiger partial charge >= 0.3 is 0 Å². The third kappa shape index (κ3) is 2.17. The zero-order valence-corrected chi connectivity index (χ0v) is 12.7. The van der Waals surface area contributed by atoms with Gasteiger partial charge in [-0.25, -0.2) is 0 Å². The van der Waals surface area contributed by atoms with Crippen molar-refractivity contribution in [3.63, 3.8) is 0 Å². The second-order valence-corrected chi connectivity index (χ2v) is 5.93. The van der Waals surface area contributed by atoms with Crippen molar-refractivity contribution in [1.82, 2.24) is 0 Å². The van der Waals surface area contributed by atoms with Crippen LogP contribution in [0.5, 0.6) is 0 Å². The number of fused-ring (bicyclic) bond motifs is 1. The van der Waals surface area contributed by atoms with Gasteiger partial charge in [0.05, 0.1) is 6.10 Å². The molecule has 0 radical (unpaired) electrons. The molecule has 2 rings (SSSR count). The van der Waals surface area contributed by atoms with E-state index in [4.69, 9.17) is 4.74 Å². The number of methoxy groups -OCH3 is 1. The maximum Gasteiger partial charge on any atom is 0.0852 e. The smallest absolute Gasteiger partial charge is 0.0852 e. The minimum absolute atomic E-state index is 0.290. The molecular formula is C15H21BrO. The van der Waals surface area contributed by atoms with E-state index in [1.54, 1.807) is 11.1 Å². The van der Waals surface area contributed by atoms with E-state index in [1.807, 2.05) is 7.11 Å². The Morgan fingerprint density at radius 1 is 1.41 bits per heavy atom. The molecule has 1 aliphatic carbocycles. The van der Waals surface area contributed by atoms with E-state index in [0.29, 0.717) is 12.0 Å². The van der Waals surface area contributed by atoms with Gasteiger partial charge in [0.25, 0.3) is 0 Å². The van der Waals surface area contributed by atoms with Gasteiger partial charge in [-0.3, -0.25) is 0 Å². The highest BCUT2D eigenvalue weighted by atomic mass is 79.9. The molecule has 0 amide bonds. The van der Waals surface area contributed by atoms with Crippen molar-refractivity contribution in [2.45, 2.75) is 39.7 Å². The van der Waals surface area contributed by atoms with E-state index in [0.717, 1.165) is 18.2 Å². The molecule has 0 saturated heterocycles. The number of benzene rings is 1. The molecule has 1 aromatic carbocycles. The second-order valence-electron chi connectivity index (χ2n) is 5.14. The second kappa shape index (κ2) is 5.11. The summed E-state index contributed by atoms with van der Waals surface area (Å²) in [6.07, 6.45) is 2.58. The minimum Gasteiger partial charge on any atom is -0.376 e. The Hall–Kier alpha value is -0.340. The van der Waals surface area contributed by atoms with Gasteiger partial charge in [0.2, 0.25) is 0 Å². The van der Waals surface area contributed by atoms with Crippen LogP contribution in [-0.2, 0) is 17.6 Å². The highest BCUT2D eigenvalue weighted by molar-refractivity contribution is 9.09. The highest BCUT2D eigenvalue weighted by Gasteiger charge is 2.31. The molecule has 0 bridgehead atoms. The summed E-state index contributed by atoms with van der Waals surface area (Å²) >= 11 is 3.57. The van der Waals surface area contributed by atoms with E-state index in [9.17, 15) is 0 Å². The molecule has 1 aliphatic rings. The predicted molar refractivity (Wildman–Crippen MR) is 76.0 cm³/mol. The topological polar surface area (TPSA) is 9.23 Å². The van der Waals surface area contributed by atoms with Crippen LogP contribution < -0.4 is 0 Å². The molecule has 17 heavy (non-hydrogen) atoms. The quantitative estimate of drug-likeness (QED) is 0.763. The third-order valence-electron chi connectivity index (χ3n) is 4.08. The lowest BCUT2D eigenvalue weighted by Gasteiger charge is -2.17. The highest BCUT2D eigenvalue weighted by Crippen LogP contribution is 2.41. The fourth-order valence-corrected chi connectivity index (χ4v) is 3.49. The third-order valence-corrected chi connectivity index (χ3v) is 4.47. The first-order valence-corrected chi connectivity index (χ1v) is 7.42. The molecule has 0 saturated carbocycles. The zero-order chi connectivity index (χ0) is 12.6. The number of rotatable bonds is 3. The lowest BCUT2D eigenvalue weighted by Crippen LogP contribution is -2.05. The van der Waals surface area contributed by atoms with Crippen molar-refractivity contribution in [1.29, 1.82) is 0 Å². The van der Waals surface area contributed by atoms with Gasteiger partial charge in [0.1, 0.15) is 0 Å². The van der Waals surface area contributed by atoms with E-state index in [1.165, 1.54) is 16.7 Å². The first-order chi connectivity index (χ1) is 8.10. The summed E-state index contributed by atoms with van der Waals surface area (Å²) in [7, 11) is 1.83. The Morgan fingerprint density at radius 3 is 2.71 bits per heavy atom. The standard InChI is InChI=1S/C15H21BrO/c1-9-7-14-13(8-10(2)15(14)17-4)12(5-6-16)11(9)3/h7,10,15H,5-6,8H2,1-4H3. The van der Waals surface area contributed by atoms with Crippen LogP contribution >= 0.6 is 15.9 Å². The molecule has 0 aromatic heterocycles. The summed E-state index contributed by atoms with van der Waals surface area (Å²) in [5, 5.41) is 1.04. The van der Waals surface area contributed by atoms with Crippen LogP contribution in [0.2, 0.25) is 0 Å². The van der Waals surface area contributed by atoms with Crippen LogP contribution in [0.1, 0.15) is 40.8 Å². The summed E-state index contributed by atoms with van der Waals surface area (Å²) in [5.74, 6) is 0.602. The fourth-order valence-electron chi connectivity index (χ4n) is 3.09. The molecule has 0 spiro atoms. The molecule has 2 atom stereocenters. The largest absolute Gasteiger partial charge is 0.376 e. The molecule has 0 aliphatic heterocycles. The van der Waals surface area contributed by atoms with Gasteiger partial charge in [0, 0.05) is 12.4 Å². The van der Waals surface area contributed by atoms with Crippen LogP contribution in [0.15, 0.2) is 6.07 Å². The Balaban J connectivity index is 2.56. The van der Waals surface area contributed by atoms with E-state index >= 15 is 0 Å². The molecule has 0 fully saturated rings. The van der Waals surface area contributed by atoms with Gasteiger partial charge in [-0.15, -0.1) is 0 Å². The average Bonchev–Trinajstić information content (AvgIpc) is 2.60. The molecule has 2 unspecified atom stereocenters. The fraction of sp³-hybridized carbons (Fsp3) is 0.600. The number of hydrogen-bond acceptors (Lipinski definition) is 1. The molecule has 94 valence electrons. The average molecular weight is 297 g/mol. The van der Waals surface area contributed by atoms with Crippen molar-refractivity contribution >= 4 is 15.9 Å². The number of ether oxygens (including phenoxy) is 1. The minimum atomic E-state index is 0.290. The maximum atomic E-state index is 5.67. The van der Waals surface area contributed by atoms with Gasteiger partial charge in [0.15, 0.2) is 0 Å². The SMILES string of the molecule is COC1c2cc(C)c(C)c(CCBr)c2CC1C. The monoisotopic (exact) mass is 296 g/mol. The molecule has 0 N–H and O–H groups in total. The van der Waals surface area contributed by atoms with Crippen molar-refractivity contribution in [3.8, 4) is 0 Å². The lowest BCUT2D eigenvalue weighted by molar-refractivity contribution is 0.0695. The first-order valence-electron chi connectivity index (χ1n) is 6.30. The van der Waals surface area contributed by atoms with E-state index < -0.39 is 0 Å². The van der Waals surface area contributed by atoms with Crippen LogP contribution in [0.4, 0.5) is 0 Å². The maximum absolute atomic E-state index is 5.67. The van der Waals surface area contributed by atoms with Crippen molar-refractivity contribution in [2.24, 2.45) is 5.92 Å². The molecule has 2 heteroatoms. The summed E-state index contributed by atoms with van der Waals surface area (Å²) in [6, 6.07) is 2.33. The van der Waals surface area contributed by atoms with Crippen LogP contribution in [0.3, 0.4) is 0 Å². The van der Waals surface area contributed by atoms with Crippen molar-refractivity contribution in [2.75, 3.05) is 12.4 Å². The first kappa shape index (κ1) is 13.1. The van der Waals surface area contributed by atoms with E-state index in [2.05, 4.69) is 42.8 Å². The number of alkyl halides is 1. The number of halogens is 1. The Kier molecular flexibility index (Phi) is 3.94. The van der Waals surface area contributed by atoms with Gasteiger partial charge in [-0.1, -0.05) is 28.9 Å². The molecule has 1 aromatic rings. The van der Waals surface area contributed by atoms with Crippen molar-refractivity contribution < 1.29 is 4.74 Å². The van der Waals surface area contributed by atoms with Crippen LogP contribution in [-0.4, -0.2) is 12.4 Å².